The lowest BCUT2D eigenvalue weighted by Gasteiger charge is -2.26. The first-order chi connectivity index (χ1) is 42.1. The van der Waals surface area contributed by atoms with Gasteiger partial charge in [0.25, 0.3) is 0 Å². The molecule has 0 saturated carbocycles. The van der Waals surface area contributed by atoms with Crippen LogP contribution in [0.1, 0.15) is 22.3 Å². The Morgan fingerprint density at radius 1 is 0.221 bits per heavy atom. The molecule has 0 N–H and O–H groups in total. The van der Waals surface area contributed by atoms with E-state index in [1.165, 1.54) is 0 Å². The molecule has 0 atom stereocenters. The molecule has 10 heteroatoms. The van der Waals surface area contributed by atoms with Gasteiger partial charge in [-0.3, -0.25) is 0 Å². The number of hydrogen-bond donors (Lipinski definition) is 0. The number of rotatable bonds is 19. The zero-order valence-electron chi connectivity index (χ0n) is 46.5. The number of benzene rings is 12. The largest absolute Gasteiger partial charge is 0.457 e. The molecule has 418 valence electrons. The third-order valence-corrected chi connectivity index (χ3v) is 18.0. The van der Waals surface area contributed by atoms with E-state index >= 15 is 0 Å². The van der Waals surface area contributed by atoms with Gasteiger partial charge in [0.2, 0.25) is 19.7 Å². The normalized spacial score (nSPS) is 11.6. The first-order valence-electron chi connectivity index (χ1n) is 27.9. The number of para-hydroxylation sites is 2. The van der Waals surface area contributed by atoms with Crippen LogP contribution in [0.25, 0.3) is 35.4 Å². The van der Waals surface area contributed by atoms with Crippen molar-refractivity contribution < 1.29 is 26.3 Å². The third kappa shape index (κ3) is 13.0. The predicted octanol–water partition coefficient (Wildman–Crippen LogP) is 19.9. The highest BCUT2D eigenvalue weighted by Crippen LogP contribution is 2.39. The summed E-state index contributed by atoms with van der Waals surface area (Å²) in [6, 6.07) is 101. The molecule has 12 aromatic carbocycles. The van der Waals surface area contributed by atoms with Gasteiger partial charge in [-0.2, -0.15) is 0 Å². The fourth-order valence-electron chi connectivity index (χ4n) is 9.92. The Balaban J connectivity index is 0.683. The summed E-state index contributed by atoms with van der Waals surface area (Å²) in [7, 11) is -7.22. The minimum absolute atomic E-state index is 0.212. The van der Waals surface area contributed by atoms with E-state index in [-0.39, 0.29) is 19.6 Å². The van der Waals surface area contributed by atoms with Crippen molar-refractivity contribution in [2.45, 2.75) is 19.6 Å². The van der Waals surface area contributed by atoms with Gasteiger partial charge in [0, 0.05) is 34.1 Å². The molecule has 0 amide bonds. The molecule has 0 fully saturated rings. The van der Waals surface area contributed by atoms with Crippen molar-refractivity contribution >= 4 is 78.1 Å². The van der Waals surface area contributed by atoms with Crippen LogP contribution in [-0.4, -0.2) is 16.8 Å². The molecule has 12 rings (SSSR count). The summed E-state index contributed by atoms with van der Waals surface area (Å²) in [5.41, 5.74) is 12.6. The molecule has 0 bridgehead atoms. The van der Waals surface area contributed by atoms with Crippen molar-refractivity contribution in [3.8, 4) is 34.1 Å². The van der Waals surface area contributed by atoms with Gasteiger partial charge in [-0.25, -0.2) is 16.8 Å². The quantitative estimate of drug-likeness (QED) is 0.0739. The van der Waals surface area contributed by atoms with Gasteiger partial charge < -0.3 is 19.3 Å². The highest BCUT2D eigenvalue weighted by atomic mass is 32.2. The van der Waals surface area contributed by atoms with Crippen molar-refractivity contribution in [3.05, 3.63) is 338 Å². The van der Waals surface area contributed by atoms with Crippen LogP contribution >= 0.6 is 0 Å². The van der Waals surface area contributed by atoms with Gasteiger partial charge in [-0.05, 0) is 203 Å². The number of anilines is 6. The van der Waals surface area contributed by atoms with Crippen LogP contribution in [-0.2, 0) is 19.7 Å². The van der Waals surface area contributed by atoms with E-state index in [9.17, 15) is 16.8 Å². The van der Waals surface area contributed by atoms with Crippen molar-refractivity contribution in [2.24, 2.45) is 0 Å². The maximum Gasteiger partial charge on any atom is 0.206 e. The van der Waals surface area contributed by atoms with Crippen LogP contribution in [0.15, 0.2) is 335 Å². The fraction of sp³-hybridized carbons (Fsp3) is 0. The van der Waals surface area contributed by atoms with Crippen molar-refractivity contribution in [2.75, 3.05) is 9.80 Å². The van der Waals surface area contributed by atoms with Gasteiger partial charge in [0.05, 0.1) is 19.6 Å². The highest BCUT2D eigenvalue weighted by Gasteiger charge is 2.20. The average molecular weight is 1160 g/mol. The van der Waals surface area contributed by atoms with Crippen LogP contribution in [0.4, 0.5) is 34.1 Å². The maximum absolute atomic E-state index is 13.0. The lowest BCUT2D eigenvalue weighted by Crippen LogP contribution is -2.10. The Bertz CT molecular complexity index is 4200. The van der Waals surface area contributed by atoms with Gasteiger partial charge in [-0.15, -0.1) is 0 Å². The predicted molar refractivity (Wildman–Crippen MR) is 349 cm³/mol. The summed E-state index contributed by atoms with van der Waals surface area (Å²) in [6.07, 6.45) is 8.30. The van der Waals surface area contributed by atoms with Crippen molar-refractivity contribution in [1.82, 2.24) is 0 Å². The Morgan fingerprint density at radius 2 is 0.430 bits per heavy atom. The summed E-state index contributed by atoms with van der Waals surface area (Å²) >= 11 is 0. The molecule has 86 heavy (non-hydrogen) atoms. The third-order valence-electron chi connectivity index (χ3n) is 14.5. The summed E-state index contributed by atoms with van der Waals surface area (Å²) in [4.78, 5) is 5.45. The van der Waals surface area contributed by atoms with E-state index in [4.69, 9.17) is 9.47 Å². The zero-order chi connectivity index (χ0) is 58.7. The Labute approximate surface area is 502 Å². The molecule has 0 aliphatic rings. The van der Waals surface area contributed by atoms with E-state index in [1.807, 2.05) is 60.7 Å². The average Bonchev–Trinajstić information content (AvgIpc) is 2.89. The summed E-state index contributed by atoms with van der Waals surface area (Å²) in [5, 5.41) is 0. The van der Waals surface area contributed by atoms with Crippen molar-refractivity contribution in [1.29, 1.82) is 0 Å². The van der Waals surface area contributed by atoms with E-state index in [0.717, 1.165) is 67.5 Å². The van der Waals surface area contributed by atoms with Crippen LogP contribution < -0.4 is 19.3 Å². The van der Waals surface area contributed by atoms with E-state index in [0.29, 0.717) is 23.0 Å². The second kappa shape index (κ2) is 25.4. The molecule has 0 saturated heterocycles. The molecule has 0 heterocycles. The van der Waals surface area contributed by atoms with E-state index < -0.39 is 19.7 Å². The number of ether oxygens (including phenoxy) is 2. The molecule has 12 aromatic rings. The van der Waals surface area contributed by atoms with Crippen LogP contribution in [0.5, 0.6) is 23.0 Å². The minimum atomic E-state index is -3.61. The SMILES string of the molecule is O=S(=O)(c1ccccc1)c1ccc(Oc2ccc(/C=C/c3ccc(N(c4ccccc4)c4ccc(-c5ccc(N(c6ccccc6)c6ccc(/C=C/c7ccc(Oc8ccc(S(=O)(=O)c9ccccc9)cc8)cc7)cc6)cc5)cc4)cc3)cc2)cc1. The Kier molecular flexibility index (Phi) is 16.4. The van der Waals surface area contributed by atoms with Gasteiger partial charge >= 0.3 is 0 Å². The fourth-order valence-corrected chi connectivity index (χ4v) is 12.5. The van der Waals surface area contributed by atoms with Gasteiger partial charge in [0.15, 0.2) is 0 Å². The molecule has 0 aromatic heterocycles. The summed E-state index contributed by atoms with van der Waals surface area (Å²) in [6.45, 7) is 0. The number of hydrogen-bond acceptors (Lipinski definition) is 8. The lowest BCUT2D eigenvalue weighted by atomic mass is 10.0. The first-order valence-corrected chi connectivity index (χ1v) is 30.9. The molecule has 0 aliphatic carbocycles. The van der Waals surface area contributed by atoms with Crippen LogP contribution in [0.3, 0.4) is 0 Å². The molecule has 8 nitrogen and oxygen atoms in total. The van der Waals surface area contributed by atoms with Crippen LogP contribution in [0, 0.1) is 0 Å². The molecule has 0 radical (unpaired) electrons. The van der Waals surface area contributed by atoms with Crippen molar-refractivity contribution in [3.63, 3.8) is 0 Å². The van der Waals surface area contributed by atoms with Crippen LogP contribution in [0.2, 0.25) is 0 Å². The topological polar surface area (TPSA) is 93.2 Å². The molecule has 0 aliphatic heterocycles. The molecule has 0 spiro atoms. The zero-order valence-corrected chi connectivity index (χ0v) is 48.1. The van der Waals surface area contributed by atoms with E-state index in [2.05, 4.69) is 180 Å². The highest BCUT2D eigenvalue weighted by molar-refractivity contribution is 7.91. The molecular weight excluding hydrogens is 1100 g/mol. The monoisotopic (exact) mass is 1160 g/mol. The summed E-state index contributed by atoms with van der Waals surface area (Å²) in [5.74, 6) is 2.38. The Morgan fingerprint density at radius 3 is 0.709 bits per heavy atom. The maximum atomic E-state index is 13.0. The molecular formula is C76H56N2O6S2. The second-order valence-corrected chi connectivity index (χ2v) is 24.1. The van der Waals surface area contributed by atoms with E-state index in [1.54, 1.807) is 109 Å². The summed E-state index contributed by atoms with van der Waals surface area (Å²) < 4.78 is 64.2. The van der Waals surface area contributed by atoms with Gasteiger partial charge in [-0.1, -0.05) is 170 Å². The lowest BCUT2D eigenvalue weighted by molar-refractivity contribution is 0.482. The first kappa shape index (κ1) is 55.7. The standard InChI is InChI=1S/C76H56N2O6S2/c79-85(80,73-17-9-3-10-18-73)75-53-49-71(50-54-75)83-69-45-29-59(30-46-69)23-21-57-25-37-65(38-26-57)77(63-13-5-1-6-14-63)67-41-33-61(34-42-67)62-35-43-68(44-36-62)78(64-15-7-2-8-16-64)66-39-27-58(28-40-66)22-24-60-31-47-70(48-32-60)84-72-51-55-76(56-52-72)86(81,82)74-19-11-4-12-20-74/h1-56H/b23-21+,24-22+. The number of sulfone groups is 2. The Hall–Kier alpha value is -10.8. The second-order valence-electron chi connectivity index (χ2n) is 20.2. The smallest absolute Gasteiger partial charge is 0.206 e. The number of nitrogens with zero attached hydrogens (tertiary/aromatic N) is 2. The minimum Gasteiger partial charge on any atom is -0.457 e. The van der Waals surface area contributed by atoms with Gasteiger partial charge in [0.1, 0.15) is 23.0 Å². The molecule has 0 unspecified atom stereocenters.